The summed E-state index contributed by atoms with van der Waals surface area (Å²) in [6.45, 7) is 6.78. The van der Waals surface area contributed by atoms with Gasteiger partial charge in [0.25, 0.3) is 5.91 Å². The molecule has 0 saturated carbocycles. The fraction of sp³-hybridized carbons (Fsp3) is 0.400. The SMILES string of the molecule is CCCc1nnsc1C(=O)N1CCN(c2ccc(Nc3cc(C)ccn3)nn2)CC1. The van der Waals surface area contributed by atoms with E-state index in [1.54, 1.807) is 6.20 Å². The highest BCUT2D eigenvalue weighted by Gasteiger charge is 2.26. The normalized spacial score (nSPS) is 14.1. The van der Waals surface area contributed by atoms with Crippen molar-refractivity contribution < 1.29 is 4.79 Å². The smallest absolute Gasteiger partial charge is 0.267 e. The molecule has 1 fully saturated rings. The van der Waals surface area contributed by atoms with E-state index in [1.165, 1.54) is 11.5 Å². The molecule has 0 atom stereocenters. The molecule has 0 aliphatic carbocycles. The van der Waals surface area contributed by atoms with Crippen LogP contribution in [0.15, 0.2) is 30.5 Å². The second-order valence-corrected chi connectivity index (χ2v) is 7.95. The standard InChI is InChI=1S/C20H24N8OS/c1-3-4-15-19(30-26-23-15)20(29)28-11-9-27(10-12-28)18-6-5-16(24-25-18)22-17-13-14(2)7-8-21-17/h5-8,13H,3-4,9-12H2,1-2H3,(H,21,22,24). The first-order chi connectivity index (χ1) is 14.6. The van der Waals surface area contributed by atoms with Crippen LogP contribution in [0, 0.1) is 6.92 Å². The highest BCUT2D eigenvalue weighted by molar-refractivity contribution is 7.08. The van der Waals surface area contributed by atoms with Gasteiger partial charge in [-0.15, -0.1) is 15.3 Å². The largest absolute Gasteiger partial charge is 0.352 e. The molecule has 3 aromatic rings. The first-order valence-corrected chi connectivity index (χ1v) is 10.8. The molecule has 3 aromatic heterocycles. The van der Waals surface area contributed by atoms with Crippen LogP contribution in [0.25, 0.3) is 0 Å². The van der Waals surface area contributed by atoms with Crippen LogP contribution < -0.4 is 10.2 Å². The number of anilines is 3. The molecule has 0 spiro atoms. The van der Waals surface area contributed by atoms with Gasteiger partial charge in [-0.25, -0.2) is 4.98 Å². The van der Waals surface area contributed by atoms with E-state index in [2.05, 4.69) is 41.9 Å². The van der Waals surface area contributed by atoms with Gasteiger partial charge < -0.3 is 15.1 Å². The average molecular weight is 425 g/mol. The van der Waals surface area contributed by atoms with Crippen molar-refractivity contribution in [2.24, 2.45) is 0 Å². The van der Waals surface area contributed by atoms with E-state index in [-0.39, 0.29) is 5.91 Å². The summed E-state index contributed by atoms with van der Waals surface area (Å²) >= 11 is 1.19. The van der Waals surface area contributed by atoms with Crippen molar-refractivity contribution in [3.8, 4) is 0 Å². The van der Waals surface area contributed by atoms with Gasteiger partial charge in [0.05, 0.1) is 5.69 Å². The van der Waals surface area contributed by atoms with Crippen LogP contribution in [0.4, 0.5) is 17.5 Å². The number of aromatic nitrogens is 5. The molecular formula is C20H24N8OS. The van der Waals surface area contributed by atoms with Gasteiger partial charge in [-0.3, -0.25) is 4.79 Å². The molecule has 1 N–H and O–H groups in total. The van der Waals surface area contributed by atoms with Gasteiger partial charge in [-0.05, 0) is 54.7 Å². The molecule has 1 aliphatic rings. The first-order valence-electron chi connectivity index (χ1n) is 10.0. The van der Waals surface area contributed by atoms with Crippen molar-refractivity contribution in [2.45, 2.75) is 26.7 Å². The minimum absolute atomic E-state index is 0.0318. The van der Waals surface area contributed by atoms with E-state index >= 15 is 0 Å². The topological polar surface area (TPSA) is 100 Å². The van der Waals surface area contributed by atoms with Gasteiger partial charge in [0.15, 0.2) is 11.6 Å². The quantitative estimate of drug-likeness (QED) is 0.645. The number of aryl methyl sites for hydroxylation is 2. The summed E-state index contributed by atoms with van der Waals surface area (Å²) in [6.07, 6.45) is 3.49. The van der Waals surface area contributed by atoms with Crippen LogP contribution in [-0.2, 0) is 6.42 Å². The Labute approximate surface area is 179 Å². The highest BCUT2D eigenvalue weighted by Crippen LogP contribution is 2.20. The molecule has 9 nitrogen and oxygen atoms in total. The number of carbonyl (C=O) groups excluding carboxylic acids is 1. The Morgan fingerprint density at radius 3 is 2.63 bits per heavy atom. The fourth-order valence-corrected chi connectivity index (χ4v) is 4.03. The van der Waals surface area contributed by atoms with Gasteiger partial charge in [-0.2, -0.15) is 0 Å². The van der Waals surface area contributed by atoms with Crippen LogP contribution in [-0.4, -0.2) is 61.8 Å². The number of piperazine rings is 1. The molecule has 1 saturated heterocycles. The Kier molecular flexibility index (Phi) is 6.12. The Morgan fingerprint density at radius 2 is 1.93 bits per heavy atom. The summed E-state index contributed by atoms with van der Waals surface area (Å²) in [6, 6.07) is 7.73. The zero-order chi connectivity index (χ0) is 20.9. The predicted molar refractivity (Wildman–Crippen MR) is 116 cm³/mol. The Hall–Kier alpha value is -3.14. The van der Waals surface area contributed by atoms with Crippen LogP contribution in [0.2, 0.25) is 0 Å². The zero-order valence-electron chi connectivity index (χ0n) is 17.1. The minimum Gasteiger partial charge on any atom is -0.352 e. The van der Waals surface area contributed by atoms with Gasteiger partial charge in [0, 0.05) is 32.4 Å². The van der Waals surface area contributed by atoms with Crippen LogP contribution in [0.1, 0.15) is 34.3 Å². The highest BCUT2D eigenvalue weighted by atomic mass is 32.1. The van der Waals surface area contributed by atoms with Gasteiger partial charge in [0.2, 0.25) is 0 Å². The van der Waals surface area contributed by atoms with E-state index in [4.69, 9.17) is 0 Å². The minimum atomic E-state index is 0.0318. The maximum atomic E-state index is 12.8. The van der Waals surface area contributed by atoms with E-state index in [1.807, 2.05) is 36.1 Å². The Bertz CT molecular complexity index is 998. The summed E-state index contributed by atoms with van der Waals surface area (Å²) in [5.74, 6) is 2.22. The van der Waals surface area contributed by atoms with Crippen LogP contribution in [0.3, 0.4) is 0 Å². The van der Waals surface area contributed by atoms with Crippen molar-refractivity contribution in [3.05, 3.63) is 46.6 Å². The summed E-state index contributed by atoms with van der Waals surface area (Å²) in [5.41, 5.74) is 1.94. The average Bonchev–Trinajstić information content (AvgIpc) is 3.23. The molecule has 1 aliphatic heterocycles. The molecular weight excluding hydrogens is 400 g/mol. The third-order valence-corrected chi connectivity index (χ3v) is 5.71. The van der Waals surface area contributed by atoms with Gasteiger partial charge in [0.1, 0.15) is 10.7 Å². The number of nitrogens with one attached hydrogen (secondary N) is 1. The number of carbonyl (C=O) groups is 1. The number of rotatable bonds is 6. The summed E-state index contributed by atoms with van der Waals surface area (Å²) in [5, 5.41) is 15.9. The van der Waals surface area contributed by atoms with Crippen molar-refractivity contribution >= 4 is 34.9 Å². The van der Waals surface area contributed by atoms with Crippen molar-refractivity contribution in [1.29, 1.82) is 0 Å². The lowest BCUT2D eigenvalue weighted by molar-refractivity contribution is 0.0750. The molecule has 10 heteroatoms. The van der Waals surface area contributed by atoms with E-state index in [0.717, 1.165) is 35.7 Å². The summed E-state index contributed by atoms with van der Waals surface area (Å²) in [7, 11) is 0. The van der Waals surface area contributed by atoms with E-state index in [0.29, 0.717) is 36.9 Å². The molecule has 0 radical (unpaired) electrons. The van der Waals surface area contributed by atoms with Crippen LogP contribution >= 0.6 is 11.5 Å². The fourth-order valence-electron chi connectivity index (χ4n) is 3.35. The predicted octanol–water partition coefficient (Wildman–Crippen LogP) is 2.69. The van der Waals surface area contributed by atoms with Crippen molar-refractivity contribution in [2.75, 3.05) is 36.4 Å². The zero-order valence-corrected chi connectivity index (χ0v) is 17.9. The number of hydrogen-bond acceptors (Lipinski definition) is 9. The number of amides is 1. The molecule has 30 heavy (non-hydrogen) atoms. The van der Waals surface area contributed by atoms with Gasteiger partial charge >= 0.3 is 0 Å². The monoisotopic (exact) mass is 424 g/mol. The lowest BCUT2D eigenvalue weighted by Gasteiger charge is -2.35. The summed E-state index contributed by atoms with van der Waals surface area (Å²) in [4.78, 5) is 21.8. The van der Waals surface area contributed by atoms with Crippen molar-refractivity contribution in [1.82, 2.24) is 29.7 Å². The molecule has 1 amide bonds. The van der Waals surface area contributed by atoms with E-state index < -0.39 is 0 Å². The molecule has 0 aromatic carbocycles. The lowest BCUT2D eigenvalue weighted by atomic mass is 10.2. The second kappa shape index (κ2) is 9.12. The molecule has 0 unspecified atom stereocenters. The molecule has 0 bridgehead atoms. The van der Waals surface area contributed by atoms with Gasteiger partial charge in [-0.1, -0.05) is 17.8 Å². The van der Waals surface area contributed by atoms with Crippen LogP contribution in [0.5, 0.6) is 0 Å². The molecule has 156 valence electrons. The Balaban J connectivity index is 1.35. The lowest BCUT2D eigenvalue weighted by Crippen LogP contribution is -2.49. The number of nitrogens with zero attached hydrogens (tertiary/aromatic N) is 7. The third-order valence-electron chi connectivity index (χ3n) is 4.95. The third kappa shape index (κ3) is 4.54. The summed E-state index contributed by atoms with van der Waals surface area (Å²) < 4.78 is 3.97. The molecule has 4 heterocycles. The molecule has 4 rings (SSSR count). The number of pyridine rings is 1. The number of hydrogen-bond donors (Lipinski definition) is 1. The van der Waals surface area contributed by atoms with Crippen molar-refractivity contribution in [3.63, 3.8) is 0 Å². The second-order valence-electron chi connectivity index (χ2n) is 7.20. The van der Waals surface area contributed by atoms with E-state index in [9.17, 15) is 4.79 Å². The Morgan fingerprint density at radius 1 is 1.10 bits per heavy atom. The first kappa shape index (κ1) is 20.1. The maximum absolute atomic E-state index is 12.8. The maximum Gasteiger partial charge on any atom is 0.267 e.